The molecule has 1 fully saturated rings. The average Bonchev–Trinajstić information content (AvgIpc) is 3.29. The smallest absolute Gasteiger partial charge is 0.378 e. The normalized spacial score (nSPS) is 15.6. The van der Waals surface area contributed by atoms with Gasteiger partial charge in [0.15, 0.2) is 5.82 Å². The lowest BCUT2D eigenvalue weighted by Gasteiger charge is -2.25. The number of nitrogens with zero attached hydrogens (tertiary/aromatic N) is 6. The van der Waals surface area contributed by atoms with Gasteiger partial charge >= 0.3 is 12.4 Å². The summed E-state index contributed by atoms with van der Waals surface area (Å²) in [5.74, 6) is -0.645. The number of nitrogens with one attached hydrogen (secondary N) is 1. The second kappa shape index (κ2) is 9.72. The second-order valence-electron chi connectivity index (χ2n) is 7.82. The molecule has 0 radical (unpaired) electrons. The number of rotatable bonds is 5. The largest absolute Gasteiger partial charge is 0.416 e. The summed E-state index contributed by atoms with van der Waals surface area (Å²) in [6, 6.07) is 1.26. The topological polar surface area (TPSA) is 98.1 Å². The van der Waals surface area contributed by atoms with Crippen LogP contribution in [0, 0.1) is 0 Å². The fraction of sp³-hybridized carbons (Fsp3) is 0.381. The summed E-state index contributed by atoms with van der Waals surface area (Å²) in [6.45, 7) is 3.32. The highest BCUT2D eigenvalue weighted by molar-refractivity contribution is 5.94. The molecule has 1 amide bonds. The van der Waals surface area contributed by atoms with E-state index >= 15 is 0 Å². The third kappa shape index (κ3) is 5.56. The van der Waals surface area contributed by atoms with E-state index in [-0.39, 0.29) is 23.8 Å². The Balaban J connectivity index is 1.67. The Bertz CT molecular complexity index is 1190. The average molecular weight is 515 g/mol. The number of benzene rings is 1. The van der Waals surface area contributed by atoms with E-state index in [1.807, 2.05) is 4.90 Å². The van der Waals surface area contributed by atoms with Crippen molar-refractivity contribution in [1.29, 1.82) is 0 Å². The maximum absolute atomic E-state index is 13.2. The number of carbonyl (C=O) groups excluding carboxylic acids is 1. The van der Waals surface area contributed by atoms with Crippen LogP contribution >= 0.6 is 0 Å². The zero-order valence-corrected chi connectivity index (χ0v) is 18.6. The Hall–Kier alpha value is -3.75. The fourth-order valence-corrected chi connectivity index (χ4v) is 3.47. The highest BCUT2D eigenvalue weighted by atomic mass is 19.4. The minimum atomic E-state index is -5.08. The Morgan fingerprint density at radius 2 is 1.56 bits per heavy atom. The SMILES string of the molecule is C[C@H](NC(=O)c1cc(C(F)(F)F)cc(C(F)(F)F)c1)c1nc(N2CCOCC2)nn1-c1ncccn1. The van der Waals surface area contributed by atoms with Crippen molar-refractivity contribution in [3.05, 3.63) is 59.2 Å². The van der Waals surface area contributed by atoms with Crippen molar-refractivity contribution in [2.75, 3.05) is 31.2 Å². The van der Waals surface area contributed by atoms with Crippen LogP contribution in [0.3, 0.4) is 0 Å². The molecule has 3 aromatic rings. The molecule has 0 aliphatic carbocycles. The number of ether oxygens (including phenoxy) is 1. The monoisotopic (exact) mass is 515 g/mol. The van der Waals surface area contributed by atoms with E-state index in [1.54, 1.807) is 6.07 Å². The first-order valence-corrected chi connectivity index (χ1v) is 10.6. The molecule has 1 aromatic carbocycles. The van der Waals surface area contributed by atoms with Gasteiger partial charge in [-0.05, 0) is 31.2 Å². The third-order valence-electron chi connectivity index (χ3n) is 5.24. The van der Waals surface area contributed by atoms with Gasteiger partial charge < -0.3 is 15.0 Å². The van der Waals surface area contributed by atoms with Crippen molar-refractivity contribution < 1.29 is 35.9 Å². The number of aromatic nitrogens is 5. The van der Waals surface area contributed by atoms with Crippen molar-refractivity contribution in [3.8, 4) is 5.95 Å². The summed E-state index contributed by atoms with van der Waals surface area (Å²) in [4.78, 5) is 27.3. The van der Waals surface area contributed by atoms with Gasteiger partial charge in [-0.1, -0.05) is 0 Å². The van der Waals surface area contributed by atoms with Crippen LogP contribution in [-0.2, 0) is 17.1 Å². The van der Waals surface area contributed by atoms with E-state index in [0.717, 1.165) is 0 Å². The molecule has 36 heavy (non-hydrogen) atoms. The van der Waals surface area contributed by atoms with Gasteiger partial charge in [-0.15, -0.1) is 5.10 Å². The van der Waals surface area contributed by atoms with Gasteiger partial charge in [0.2, 0.25) is 5.95 Å². The van der Waals surface area contributed by atoms with Gasteiger partial charge in [-0.2, -0.15) is 36.0 Å². The summed E-state index contributed by atoms with van der Waals surface area (Å²) >= 11 is 0. The van der Waals surface area contributed by atoms with Gasteiger partial charge in [0, 0.05) is 31.0 Å². The van der Waals surface area contributed by atoms with Gasteiger partial charge in [0.05, 0.1) is 30.4 Å². The van der Waals surface area contributed by atoms with Crippen LogP contribution in [0.5, 0.6) is 0 Å². The molecular formula is C21H19F6N7O2. The van der Waals surface area contributed by atoms with Gasteiger partial charge in [0.1, 0.15) is 0 Å². The number of hydrogen-bond donors (Lipinski definition) is 1. The number of hydrogen-bond acceptors (Lipinski definition) is 7. The molecule has 0 saturated carbocycles. The fourth-order valence-electron chi connectivity index (χ4n) is 3.47. The Morgan fingerprint density at radius 1 is 0.972 bits per heavy atom. The van der Waals surface area contributed by atoms with Crippen LogP contribution in [0.1, 0.15) is 40.3 Å². The molecule has 1 atom stereocenters. The molecule has 4 rings (SSSR count). The lowest BCUT2D eigenvalue weighted by molar-refractivity contribution is -0.143. The highest BCUT2D eigenvalue weighted by Gasteiger charge is 2.37. The molecule has 9 nitrogen and oxygen atoms in total. The Kier molecular flexibility index (Phi) is 6.84. The number of alkyl halides is 6. The molecule has 1 saturated heterocycles. The van der Waals surface area contributed by atoms with Crippen LogP contribution in [0.4, 0.5) is 32.3 Å². The summed E-state index contributed by atoms with van der Waals surface area (Å²) in [5.41, 5.74) is -3.99. The van der Waals surface area contributed by atoms with E-state index in [4.69, 9.17) is 4.74 Å². The molecule has 0 bridgehead atoms. The number of anilines is 1. The predicted molar refractivity (Wildman–Crippen MR) is 112 cm³/mol. The van der Waals surface area contributed by atoms with Crippen LogP contribution in [-0.4, -0.2) is 56.9 Å². The van der Waals surface area contributed by atoms with Crippen LogP contribution in [0.2, 0.25) is 0 Å². The Labute approximate surface area is 200 Å². The van der Waals surface area contributed by atoms with Crippen molar-refractivity contribution in [2.24, 2.45) is 0 Å². The van der Waals surface area contributed by atoms with Crippen molar-refractivity contribution in [1.82, 2.24) is 30.0 Å². The third-order valence-corrected chi connectivity index (χ3v) is 5.24. The molecule has 15 heteroatoms. The van der Waals surface area contributed by atoms with E-state index in [2.05, 4.69) is 25.4 Å². The Morgan fingerprint density at radius 3 is 2.11 bits per heavy atom. The molecule has 1 aliphatic rings. The van der Waals surface area contributed by atoms with E-state index in [9.17, 15) is 31.1 Å². The van der Waals surface area contributed by atoms with Crippen molar-refractivity contribution in [2.45, 2.75) is 25.3 Å². The summed E-state index contributed by atoms with van der Waals surface area (Å²) in [6.07, 6.45) is -7.26. The number of morpholine rings is 1. The maximum atomic E-state index is 13.2. The minimum Gasteiger partial charge on any atom is -0.378 e. The van der Waals surface area contributed by atoms with E-state index < -0.39 is 41.0 Å². The molecule has 1 aliphatic heterocycles. The van der Waals surface area contributed by atoms with Gasteiger partial charge in [-0.3, -0.25) is 4.79 Å². The summed E-state index contributed by atoms with van der Waals surface area (Å²) in [5, 5.41) is 6.80. The van der Waals surface area contributed by atoms with Crippen molar-refractivity contribution in [3.63, 3.8) is 0 Å². The van der Waals surface area contributed by atoms with Crippen LogP contribution < -0.4 is 10.2 Å². The number of halogens is 6. The number of carbonyl (C=O) groups is 1. The lowest BCUT2D eigenvalue weighted by Crippen LogP contribution is -2.37. The van der Waals surface area contributed by atoms with Gasteiger partial charge in [-0.25, -0.2) is 9.97 Å². The molecule has 192 valence electrons. The van der Waals surface area contributed by atoms with Crippen molar-refractivity contribution >= 4 is 11.9 Å². The summed E-state index contributed by atoms with van der Waals surface area (Å²) < 4.78 is 85.8. The molecular weight excluding hydrogens is 496 g/mol. The highest BCUT2D eigenvalue weighted by Crippen LogP contribution is 2.36. The quantitative estimate of drug-likeness (QED) is 0.520. The second-order valence-corrected chi connectivity index (χ2v) is 7.82. The standard InChI is InChI=1S/C21H19F6N7O2/c1-12(30-17(35)13-9-14(20(22,23)24)11-15(10-13)21(25,26)27)16-31-19(33-5-7-36-8-6-33)32-34(16)18-28-3-2-4-29-18/h2-4,9-12H,5-8H2,1H3,(H,30,35)/t12-/m0/s1. The zero-order valence-electron chi connectivity index (χ0n) is 18.6. The number of amides is 1. The summed E-state index contributed by atoms with van der Waals surface area (Å²) in [7, 11) is 0. The molecule has 2 aromatic heterocycles. The zero-order chi connectivity index (χ0) is 26.1. The molecule has 3 heterocycles. The van der Waals surface area contributed by atoms with Crippen LogP contribution in [0.15, 0.2) is 36.7 Å². The van der Waals surface area contributed by atoms with Crippen LogP contribution in [0.25, 0.3) is 5.95 Å². The van der Waals surface area contributed by atoms with Gasteiger partial charge in [0.25, 0.3) is 11.9 Å². The first kappa shape index (κ1) is 25.3. The molecule has 1 N–H and O–H groups in total. The lowest BCUT2D eigenvalue weighted by atomic mass is 10.0. The van der Waals surface area contributed by atoms with E-state index in [0.29, 0.717) is 38.4 Å². The van der Waals surface area contributed by atoms with E-state index in [1.165, 1.54) is 24.0 Å². The first-order chi connectivity index (χ1) is 16.9. The predicted octanol–water partition coefficient (Wildman–Crippen LogP) is 3.42. The first-order valence-electron chi connectivity index (χ1n) is 10.6. The molecule has 0 unspecified atom stereocenters. The molecule has 0 spiro atoms. The minimum absolute atomic E-state index is 0.0435. The maximum Gasteiger partial charge on any atom is 0.416 e.